The van der Waals surface area contributed by atoms with Gasteiger partial charge in [-0.2, -0.15) is 0 Å². The van der Waals surface area contributed by atoms with Crippen molar-refractivity contribution in [3.63, 3.8) is 0 Å². The molecule has 0 amide bonds. The van der Waals surface area contributed by atoms with Gasteiger partial charge >= 0.3 is 5.97 Å². The number of hydrogen-bond donors (Lipinski definition) is 0. The minimum Gasteiger partial charge on any atom is -0.458 e. The van der Waals surface area contributed by atoms with Crippen LogP contribution in [-0.4, -0.2) is 12.1 Å². The van der Waals surface area contributed by atoms with Crippen molar-refractivity contribution in [2.45, 2.75) is 66.4 Å². The summed E-state index contributed by atoms with van der Waals surface area (Å²) in [6, 6.07) is 0. The number of allylic oxidation sites excluding steroid dienone is 2. The minimum atomic E-state index is -0.173. The molecule has 0 spiro atoms. The summed E-state index contributed by atoms with van der Waals surface area (Å²) < 4.78 is 5.57. The zero-order valence-corrected chi connectivity index (χ0v) is 12.9. The first kappa shape index (κ1) is 14.4. The molecule has 106 valence electrons. The van der Waals surface area contributed by atoms with E-state index >= 15 is 0 Å². The van der Waals surface area contributed by atoms with Crippen molar-refractivity contribution < 1.29 is 9.53 Å². The van der Waals surface area contributed by atoms with E-state index in [9.17, 15) is 4.79 Å². The number of esters is 1. The van der Waals surface area contributed by atoms with Crippen molar-refractivity contribution in [1.29, 1.82) is 0 Å². The first-order chi connectivity index (χ1) is 8.83. The molecule has 0 radical (unpaired) electrons. The number of carbonyl (C=O) groups is 1. The van der Waals surface area contributed by atoms with Crippen molar-refractivity contribution in [1.82, 2.24) is 0 Å². The van der Waals surface area contributed by atoms with Crippen LogP contribution in [0.3, 0.4) is 0 Å². The molecular formula is C17H26O2. The highest BCUT2D eigenvalue weighted by molar-refractivity contribution is 5.67. The molecule has 0 aromatic rings. The second-order valence-electron chi connectivity index (χ2n) is 6.71. The lowest BCUT2D eigenvalue weighted by Crippen LogP contribution is -2.38. The average molecular weight is 262 g/mol. The molecule has 1 fully saturated rings. The molecule has 0 bridgehead atoms. The fourth-order valence-corrected chi connectivity index (χ4v) is 3.78. The van der Waals surface area contributed by atoms with Crippen LogP contribution in [0.2, 0.25) is 0 Å². The smallest absolute Gasteiger partial charge is 0.303 e. The third kappa shape index (κ3) is 2.77. The highest BCUT2D eigenvalue weighted by Crippen LogP contribution is 2.51. The molecule has 2 rings (SSSR count). The van der Waals surface area contributed by atoms with E-state index in [2.05, 4.69) is 33.8 Å². The molecule has 0 aromatic carbocycles. The molecule has 0 aromatic heterocycles. The quantitative estimate of drug-likeness (QED) is 0.654. The number of ether oxygens (including phenoxy) is 1. The van der Waals surface area contributed by atoms with E-state index in [1.165, 1.54) is 37.3 Å². The van der Waals surface area contributed by atoms with E-state index in [0.717, 1.165) is 6.42 Å². The average Bonchev–Trinajstić information content (AvgIpc) is 2.26. The molecule has 1 saturated carbocycles. The monoisotopic (exact) mass is 262 g/mol. The summed E-state index contributed by atoms with van der Waals surface area (Å²) in [4.78, 5) is 11.3. The summed E-state index contributed by atoms with van der Waals surface area (Å²) >= 11 is 0. The highest BCUT2D eigenvalue weighted by Gasteiger charge is 2.42. The van der Waals surface area contributed by atoms with E-state index in [4.69, 9.17) is 4.74 Å². The molecule has 0 unspecified atom stereocenters. The number of rotatable bonds is 1. The fourth-order valence-electron chi connectivity index (χ4n) is 3.78. The van der Waals surface area contributed by atoms with Gasteiger partial charge in [0.15, 0.2) is 0 Å². The van der Waals surface area contributed by atoms with Crippen molar-refractivity contribution in [2.24, 2.45) is 11.3 Å². The Kier molecular flexibility index (Phi) is 3.89. The van der Waals surface area contributed by atoms with Gasteiger partial charge in [0, 0.05) is 6.92 Å². The Morgan fingerprint density at radius 3 is 2.63 bits per heavy atom. The zero-order valence-electron chi connectivity index (χ0n) is 12.9. The summed E-state index contributed by atoms with van der Waals surface area (Å²) in [6.07, 6.45) is 7.01. The van der Waals surface area contributed by atoms with Crippen LogP contribution in [-0.2, 0) is 9.53 Å². The van der Waals surface area contributed by atoms with Gasteiger partial charge in [0.2, 0.25) is 0 Å². The summed E-state index contributed by atoms with van der Waals surface area (Å²) in [5, 5.41) is 0. The van der Waals surface area contributed by atoms with E-state index in [1.807, 2.05) is 0 Å². The zero-order chi connectivity index (χ0) is 14.2. The predicted octanol–water partition coefficient (Wildman–Crippen LogP) is 4.41. The standard InChI is InChI=1S/C17H26O2/c1-11(2)14-9-15-12(3)7-6-8-17(15,5)10-16(14)19-13(4)18/h9,12,16H,6-8,10H2,1-5H3/t12-,16-,17+/m0/s1. The molecule has 0 N–H and O–H groups in total. The van der Waals surface area contributed by atoms with Crippen molar-refractivity contribution in [2.75, 3.05) is 0 Å². The summed E-state index contributed by atoms with van der Waals surface area (Å²) in [7, 11) is 0. The maximum absolute atomic E-state index is 11.3. The topological polar surface area (TPSA) is 26.3 Å². The second kappa shape index (κ2) is 5.15. The first-order valence-electron chi connectivity index (χ1n) is 7.40. The number of fused-ring (bicyclic) bond motifs is 1. The molecule has 2 nitrogen and oxygen atoms in total. The van der Waals surface area contributed by atoms with Gasteiger partial charge in [0.1, 0.15) is 6.10 Å². The Bertz CT molecular complexity index is 440. The Hall–Kier alpha value is -1.05. The molecule has 0 heterocycles. The van der Waals surface area contributed by atoms with Crippen LogP contribution in [0.1, 0.15) is 60.3 Å². The fraction of sp³-hybridized carbons (Fsp3) is 0.706. The molecule has 0 aliphatic heterocycles. The molecule has 3 atom stereocenters. The summed E-state index contributed by atoms with van der Waals surface area (Å²) in [5.41, 5.74) is 4.27. The SMILES string of the molecule is CC(=O)O[C@H]1C[C@@]2(C)CCC[C@H](C)C2=CC1=C(C)C. The van der Waals surface area contributed by atoms with Gasteiger partial charge in [0.05, 0.1) is 0 Å². The Labute approximate surface area is 116 Å². The van der Waals surface area contributed by atoms with Crippen LogP contribution >= 0.6 is 0 Å². The van der Waals surface area contributed by atoms with Crippen molar-refractivity contribution in [3.8, 4) is 0 Å². The van der Waals surface area contributed by atoms with Crippen molar-refractivity contribution >= 4 is 5.97 Å². The lowest BCUT2D eigenvalue weighted by atomic mass is 9.61. The lowest BCUT2D eigenvalue weighted by Gasteiger charge is -2.46. The summed E-state index contributed by atoms with van der Waals surface area (Å²) in [6.45, 7) is 10.4. The molecule has 2 aliphatic rings. The maximum Gasteiger partial charge on any atom is 0.303 e. The van der Waals surface area contributed by atoms with Crippen LogP contribution in [0.25, 0.3) is 0 Å². The van der Waals surface area contributed by atoms with Gasteiger partial charge in [-0.05, 0) is 50.0 Å². The third-order valence-electron chi connectivity index (χ3n) is 4.77. The summed E-state index contributed by atoms with van der Waals surface area (Å²) in [5.74, 6) is 0.486. The molecule has 19 heavy (non-hydrogen) atoms. The van der Waals surface area contributed by atoms with Crippen LogP contribution < -0.4 is 0 Å². The largest absolute Gasteiger partial charge is 0.458 e. The van der Waals surface area contributed by atoms with Crippen LogP contribution in [0.4, 0.5) is 0 Å². The second-order valence-corrected chi connectivity index (χ2v) is 6.71. The number of carbonyl (C=O) groups excluding carboxylic acids is 1. The van der Waals surface area contributed by atoms with Crippen LogP contribution in [0.5, 0.6) is 0 Å². The van der Waals surface area contributed by atoms with Gasteiger partial charge in [0.25, 0.3) is 0 Å². The Morgan fingerprint density at radius 2 is 2.05 bits per heavy atom. The van der Waals surface area contributed by atoms with Gasteiger partial charge < -0.3 is 4.74 Å². The molecule has 0 saturated heterocycles. The van der Waals surface area contributed by atoms with E-state index in [-0.39, 0.29) is 17.5 Å². The van der Waals surface area contributed by atoms with E-state index < -0.39 is 0 Å². The van der Waals surface area contributed by atoms with E-state index in [0.29, 0.717) is 5.92 Å². The maximum atomic E-state index is 11.3. The van der Waals surface area contributed by atoms with Crippen molar-refractivity contribution in [3.05, 3.63) is 22.8 Å². The molecule has 2 aliphatic carbocycles. The van der Waals surface area contributed by atoms with Gasteiger partial charge in [-0.25, -0.2) is 0 Å². The molecular weight excluding hydrogens is 236 g/mol. The van der Waals surface area contributed by atoms with Gasteiger partial charge in [-0.1, -0.05) is 37.5 Å². The third-order valence-corrected chi connectivity index (χ3v) is 4.77. The minimum absolute atomic E-state index is 0.0541. The molecule has 2 heteroatoms. The predicted molar refractivity (Wildman–Crippen MR) is 77.8 cm³/mol. The van der Waals surface area contributed by atoms with Crippen LogP contribution in [0.15, 0.2) is 22.8 Å². The lowest BCUT2D eigenvalue weighted by molar-refractivity contribution is -0.146. The highest BCUT2D eigenvalue weighted by atomic mass is 16.5. The normalized spacial score (nSPS) is 34.4. The van der Waals surface area contributed by atoms with Gasteiger partial charge in [-0.15, -0.1) is 0 Å². The number of hydrogen-bond acceptors (Lipinski definition) is 2. The Morgan fingerprint density at radius 1 is 1.37 bits per heavy atom. The Balaban J connectivity index is 2.42. The van der Waals surface area contributed by atoms with E-state index in [1.54, 1.807) is 5.57 Å². The van der Waals surface area contributed by atoms with Crippen LogP contribution in [0, 0.1) is 11.3 Å². The van der Waals surface area contributed by atoms with Gasteiger partial charge in [-0.3, -0.25) is 4.79 Å². The first-order valence-corrected chi connectivity index (χ1v) is 7.40.